The molecule has 1 atom stereocenters. The number of H-pyrrole nitrogens is 1. The van der Waals surface area contributed by atoms with Crippen molar-refractivity contribution in [1.82, 2.24) is 29.7 Å². The van der Waals surface area contributed by atoms with Crippen molar-refractivity contribution < 1.29 is 0 Å². The quantitative estimate of drug-likeness (QED) is 0.314. The van der Waals surface area contributed by atoms with Crippen molar-refractivity contribution in [3.63, 3.8) is 0 Å². The molecular weight excluding hydrogens is 477 g/mol. The van der Waals surface area contributed by atoms with Gasteiger partial charge in [-0.25, -0.2) is 9.55 Å². The number of hydrogen-bond acceptors (Lipinski definition) is 8. The highest BCUT2D eigenvalue weighted by Crippen LogP contribution is 2.33. The zero-order chi connectivity index (χ0) is 23.0. The number of aromatic nitrogens is 6. The molecule has 10 nitrogen and oxygen atoms in total. The SMILES string of the molecule is CCC[C@H](Nc1nc(N)nc(N)c1Cl)c1nc2c(Cl)ccc(Cl)c2c(=O)n1-c1ccn[nH]1. The van der Waals surface area contributed by atoms with Gasteiger partial charge in [-0.15, -0.1) is 0 Å². The van der Waals surface area contributed by atoms with Crippen LogP contribution in [0.4, 0.5) is 17.6 Å². The minimum absolute atomic E-state index is 0.0316. The number of nitrogens with zero attached hydrogens (tertiary/aromatic N) is 5. The lowest BCUT2D eigenvalue weighted by molar-refractivity contribution is 0.612. The smallest absolute Gasteiger partial charge is 0.268 e. The molecule has 32 heavy (non-hydrogen) atoms. The Balaban J connectivity index is 1.99. The second-order valence-electron chi connectivity index (χ2n) is 6.92. The Labute approximate surface area is 196 Å². The van der Waals surface area contributed by atoms with Crippen molar-refractivity contribution in [1.29, 1.82) is 0 Å². The van der Waals surface area contributed by atoms with Gasteiger partial charge in [-0.3, -0.25) is 9.89 Å². The van der Waals surface area contributed by atoms with Crippen molar-refractivity contribution >= 4 is 63.3 Å². The standard InChI is InChI=1S/C19H18Cl3N9O/c1-2-3-10(26-16-13(22)15(23)28-19(24)29-16)17-27-14-9(21)5-4-8(20)12(14)18(32)31(17)11-6-7-25-30-11/h4-7,10H,2-3H2,1H3,(H,25,30)(H5,23,24,26,28,29)/t10-/m0/s1. The third-order valence-corrected chi connectivity index (χ3v) is 5.76. The number of benzene rings is 1. The van der Waals surface area contributed by atoms with Crippen LogP contribution >= 0.6 is 34.8 Å². The van der Waals surface area contributed by atoms with Gasteiger partial charge < -0.3 is 16.8 Å². The fourth-order valence-electron chi connectivity index (χ4n) is 3.37. The maximum atomic E-state index is 13.6. The fraction of sp³-hybridized carbons (Fsp3) is 0.211. The van der Waals surface area contributed by atoms with Gasteiger partial charge >= 0.3 is 0 Å². The Kier molecular flexibility index (Phi) is 6.09. The molecule has 0 saturated carbocycles. The molecule has 4 aromatic rings. The van der Waals surface area contributed by atoms with Crippen LogP contribution < -0.4 is 22.3 Å². The maximum absolute atomic E-state index is 13.6. The third kappa shape index (κ3) is 3.92. The van der Waals surface area contributed by atoms with Gasteiger partial charge in [0.1, 0.15) is 22.5 Å². The molecule has 0 aliphatic carbocycles. The second kappa shape index (κ2) is 8.81. The van der Waals surface area contributed by atoms with Crippen LogP contribution in [-0.4, -0.2) is 29.7 Å². The summed E-state index contributed by atoms with van der Waals surface area (Å²) >= 11 is 19.0. The second-order valence-corrected chi connectivity index (χ2v) is 8.11. The number of nitrogen functional groups attached to an aromatic ring is 2. The molecule has 6 N–H and O–H groups in total. The van der Waals surface area contributed by atoms with Crippen LogP contribution in [0.1, 0.15) is 31.6 Å². The van der Waals surface area contributed by atoms with E-state index in [2.05, 4.69) is 25.5 Å². The molecule has 0 saturated heterocycles. The zero-order valence-electron chi connectivity index (χ0n) is 16.7. The van der Waals surface area contributed by atoms with E-state index in [1.165, 1.54) is 10.8 Å². The molecule has 3 heterocycles. The van der Waals surface area contributed by atoms with Crippen molar-refractivity contribution in [2.24, 2.45) is 0 Å². The van der Waals surface area contributed by atoms with Crippen molar-refractivity contribution in [2.45, 2.75) is 25.8 Å². The molecule has 0 spiro atoms. The molecule has 166 valence electrons. The number of anilines is 3. The summed E-state index contributed by atoms with van der Waals surface area (Å²) in [6, 6.07) is 4.27. The van der Waals surface area contributed by atoms with E-state index >= 15 is 0 Å². The van der Waals surface area contributed by atoms with Crippen LogP contribution in [0.2, 0.25) is 15.1 Å². The maximum Gasteiger partial charge on any atom is 0.268 e. The van der Waals surface area contributed by atoms with Crippen LogP contribution in [0, 0.1) is 0 Å². The predicted molar refractivity (Wildman–Crippen MR) is 127 cm³/mol. The molecule has 0 unspecified atom stereocenters. The Morgan fingerprint density at radius 1 is 1.12 bits per heavy atom. The Bertz CT molecular complexity index is 1350. The highest BCUT2D eigenvalue weighted by Gasteiger charge is 2.25. The number of fused-ring (bicyclic) bond motifs is 1. The molecule has 4 rings (SSSR count). The summed E-state index contributed by atoms with van der Waals surface area (Å²) in [5.74, 6) is 0.967. The molecular formula is C19H18Cl3N9O. The van der Waals surface area contributed by atoms with E-state index < -0.39 is 11.6 Å². The van der Waals surface area contributed by atoms with Gasteiger partial charge in [-0.2, -0.15) is 15.1 Å². The van der Waals surface area contributed by atoms with Gasteiger partial charge in [-0.05, 0) is 18.6 Å². The van der Waals surface area contributed by atoms with Crippen molar-refractivity contribution in [3.05, 3.63) is 55.6 Å². The van der Waals surface area contributed by atoms with Gasteiger partial charge in [0.15, 0.2) is 5.82 Å². The van der Waals surface area contributed by atoms with E-state index in [0.29, 0.717) is 23.1 Å². The highest BCUT2D eigenvalue weighted by molar-refractivity contribution is 6.39. The summed E-state index contributed by atoms with van der Waals surface area (Å²) in [4.78, 5) is 26.3. The zero-order valence-corrected chi connectivity index (χ0v) is 19.0. The molecule has 0 aliphatic heterocycles. The summed E-state index contributed by atoms with van der Waals surface area (Å²) in [6.07, 6.45) is 2.83. The molecule has 3 aromatic heterocycles. The number of nitrogens with two attached hydrogens (primary N) is 2. The summed E-state index contributed by atoms with van der Waals surface area (Å²) in [6.45, 7) is 1.99. The summed E-state index contributed by atoms with van der Waals surface area (Å²) in [5.41, 5.74) is 11.5. The monoisotopic (exact) mass is 493 g/mol. The highest BCUT2D eigenvalue weighted by atomic mass is 35.5. The normalized spacial score (nSPS) is 12.2. The van der Waals surface area contributed by atoms with Gasteiger partial charge in [0, 0.05) is 6.07 Å². The Morgan fingerprint density at radius 2 is 1.88 bits per heavy atom. The van der Waals surface area contributed by atoms with E-state index in [-0.39, 0.29) is 38.5 Å². The molecule has 0 bridgehead atoms. The molecule has 0 radical (unpaired) electrons. The first-order valence-corrected chi connectivity index (χ1v) is 10.7. The number of nitrogens with one attached hydrogen (secondary N) is 2. The average Bonchev–Trinajstić information content (AvgIpc) is 3.27. The van der Waals surface area contributed by atoms with E-state index in [0.717, 1.165) is 6.42 Å². The largest absolute Gasteiger partial charge is 0.382 e. The molecule has 0 fully saturated rings. The van der Waals surface area contributed by atoms with Crippen LogP contribution in [0.15, 0.2) is 29.2 Å². The number of hydrogen-bond donors (Lipinski definition) is 4. The number of rotatable bonds is 6. The minimum atomic E-state index is -0.526. The van der Waals surface area contributed by atoms with Gasteiger partial charge in [-0.1, -0.05) is 48.1 Å². The molecule has 0 aliphatic rings. The first-order valence-electron chi connectivity index (χ1n) is 9.57. The van der Waals surface area contributed by atoms with E-state index in [4.69, 9.17) is 51.3 Å². The van der Waals surface area contributed by atoms with Crippen LogP contribution in [0.25, 0.3) is 16.7 Å². The van der Waals surface area contributed by atoms with Crippen LogP contribution in [0.3, 0.4) is 0 Å². The van der Waals surface area contributed by atoms with E-state index in [1.807, 2.05) is 6.92 Å². The van der Waals surface area contributed by atoms with Crippen LogP contribution in [-0.2, 0) is 0 Å². The van der Waals surface area contributed by atoms with Crippen molar-refractivity contribution in [3.8, 4) is 5.82 Å². The lowest BCUT2D eigenvalue weighted by Gasteiger charge is -2.23. The van der Waals surface area contributed by atoms with Crippen LogP contribution in [0.5, 0.6) is 0 Å². The lowest BCUT2D eigenvalue weighted by Crippen LogP contribution is -2.29. The third-order valence-electron chi connectivity index (χ3n) is 4.77. The fourth-order valence-corrected chi connectivity index (χ4v) is 3.94. The average molecular weight is 495 g/mol. The van der Waals surface area contributed by atoms with E-state index in [9.17, 15) is 4.79 Å². The summed E-state index contributed by atoms with van der Waals surface area (Å²) in [5, 5.41) is 10.8. The first-order chi connectivity index (χ1) is 15.3. The minimum Gasteiger partial charge on any atom is -0.382 e. The molecule has 0 amide bonds. The summed E-state index contributed by atoms with van der Waals surface area (Å²) < 4.78 is 1.40. The molecule has 13 heteroatoms. The molecule has 1 aromatic carbocycles. The lowest BCUT2D eigenvalue weighted by atomic mass is 10.1. The Morgan fingerprint density at radius 3 is 2.56 bits per heavy atom. The number of aromatic amines is 1. The van der Waals surface area contributed by atoms with Gasteiger partial charge in [0.25, 0.3) is 5.56 Å². The predicted octanol–water partition coefficient (Wildman–Crippen LogP) is 3.98. The van der Waals surface area contributed by atoms with E-state index in [1.54, 1.807) is 18.2 Å². The number of halogens is 3. The Hall–Kier alpha value is -3.08. The van der Waals surface area contributed by atoms with Gasteiger partial charge in [0.2, 0.25) is 5.95 Å². The van der Waals surface area contributed by atoms with Crippen molar-refractivity contribution in [2.75, 3.05) is 16.8 Å². The summed E-state index contributed by atoms with van der Waals surface area (Å²) in [7, 11) is 0. The van der Waals surface area contributed by atoms with Gasteiger partial charge in [0.05, 0.1) is 33.2 Å². The first kappa shape index (κ1) is 22.1. The topological polar surface area (TPSA) is 153 Å².